The lowest BCUT2D eigenvalue weighted by Gasteiger charge is -2.37. The van der Waals surface area contributed by atoms with Gasteiger partial charge in [-0.15, -0.1) is 0 Å². The van der Waals surface area contributed by atoms with Gasteiger partial charge in [-0.05, 0) is 52.0 Å². The van der Waals surface area contributed by atoms with Crippen LogP contribution in [-0.2, 0) is 9.53 Å². The number of nitrogens with zero attached hydrogens (tertiary/aromatic N) is 2. The minimum Gasteiger partial charge on any atom is -0.449 e. The average Bonchev–Trinajstić information content (AvgIpc) is 3.08. The first-order chi connectivity index (χ1) is 22.9. The number of benzene rings is 1. The summed E-state index contributed by atoms with van der Waals surface area (Å²) in [4.78, 5) is 41.5. The van der Waals surface area contributed by atoms with Crippen molar-refractivity contribution in [3.63, 3.8) is 0 Å². The highest BCUT2D eigenvalue weighted by Gasteiger charge is 2.32. The molecule has 0 saturated heterocycles. The summed E-state index contributed by atoms with van der Waals surface area (Å²) in [6.07, 6.45) is 25.5. The second kappa shape index (κ2) is 26.1. The molecule has 1 aliphatic rings. The van der Waals surface area contributed by atoms with Gasteiger partial charge in [-0.2, -0.15) is 0 Å². The van der Waals surface area contributed by atoms with Gasteiger partial charge >= 0.3 is 6.09 Å². The van der Waals surface area contributed by atoms with E-state index in [1.54, 1.807) is 12.1 Å². The third-order valence-corrected chi connectivity index (χ3v) is 9.26. The molecule has 1 aromatic carbocycles. The predicted octanol–water partition coefficient (Wildman–Crippen LogP) is 8.48. The molecule has 3 amide bonds. The summed E-state index contributed by atoms with van der Waals surface area (Å²) in [5.41, 5.74) is 1.41. The molecule has 8 heteroatoms. The number of alkyl carbamates (subject to hydrolysis) is 1. The third kappa shape index (κ3) is 18.9. The number of ether oxygens (including phenoxy) is 1. The maximum atomic E-state index is 12.8. The van der Waals surface area contributed by atoms with Crippen molar-refractivity contribution >= 4 is 18.4 Å². The smallest absolute Gasteiger partial charge is 0.407 e. The van der Waals surface area contributed by atoms with Crippen molar-refractivity contribution in [2.75, 3.05) is 40.3 Å². The number of carbonyl (C=O) groups excluding carboxylic acids is 3. The number of rotatable bonds is 27. The van der Waals surface area contributed by atoms with Crippen LogP contribution in [0.15, 0.2) is 42.1 Å². The molecule has 0 aromatic heterocycles. The van der Waals surface area contributed by atoms with Crippen LogP contribution in [0.2, 0.25) is 0 Å². The molecule has 0 aliphatic heterocycles. The van der Waals surface area contributed by atoms with Gasteiger partial charge in [0.25, 0.3) is 5.91 Å². The molecule has 8 nitrogen and oxygen atoms in total. The molecular formula is C39H66N4O4. The Labute approximate surface area is 286 Å². The third-order valence-electron chi connectivity index (χ3n) is 9.26. The summed E-state index contributed by atoms with van der Waals surface area (Å²) < 4.78 is 5.61. The molecule has 2 atom stereocenters. The molecule has 0 saturated carbocycles. The fraction of sp³-hybridized carbons (Fsp3) is 0.718. The van der Waals surface area contributed by atoms with Crippen molar-refractivity contribution in [2.24, 2.45) is 5.92 Å². The summed E-state index contributed by atoms with van der Waals surface area (Å²) >= 11 is 0. The zero-order chi connectivity index (χ0) is 34.0. The number of amides is 3. The Balaban J connectivity index is 1.74. The van der Waals surface area contributed by atoms with E-state index in [2.05, 4.69) is 22.5 Å². The second-order valence-electron chi connectivity index (χ2n) is 13.6. The fourth-order valence-electron chi connectivity index (χ4n) is 6.36. The molecule has 2 rings (SSSR count). The largest absolute Gasteiger partial charge is 0.449 e. The van der Waals surface area contributed by atoms with Gasteiger partial charge in [0, 0.05) is 42.7 Å². The first-order valence-corrected chi connectivity index (χ1v) is 18.8. The number of nitrogens with one attached hydrogen (secondary N) is 2. The van der Waals surface area contributed by atoms with E-state index in [0.29, 0.717) is 31.5 Å². The summed E-state index contributed by atoms with van der Waals surface area (Å²) in [5.74, 6) is -0.191. The SMILES string of the molecule is CCCCCCCCCCCCCCCCCCN(C=O)C1CC(NC(=O)c2ccccc2)=CCC1COC(=O)NCCCN(C)C. The molecule has 0 heterocycles. The highest BCUT2D eigenvalue weighted by atomic mass is 16.5. The minimum absolute atomic E-state index is 0.0360. The number of hydrogen-bond acceptors (Lipinski definition) is 5. The normalized spacial score (nSPS) is 16.0. The van der Waals surface area contributed by atoms with Gasteiger partial charge in [-0.25, -0.2) is 4.79 Å². The lowest BCUT2D eigenvalue weighted by Crippen LogP contribution is -2.46. The standard InChI is InChI=1S/C39H66N4O4/c1-4-5-6-7-8-9-10-11-12-13-14-15-16-17-18-22-30-43(33-44)37-31-36(41-38(45)34-24-20-19-21-25-34)27-26-35(37)32-47-39(46)40-28-23-29-42(2)3/h19-21,24-25,27,33,35,37H,4-18,22-23,26,28-32H2,1-3H3,(H,40,46)(H,41,45). The van der Waals surface area contributed by atoms with E-state index >= 15 is 0 Å². The molecule has 266 valence electrons. The number of unbranched alkanes of at least 4 members (excludes halogenated alkanes) is 15. The fourth-order valence-corrected chi connectivity index (χ4v) is 6.36. The monoisotopic (exact) mass is 655 g/mol. The van der Waals surface area contributed by atoms with E-state index in [1.165, 1.54) is 89.9 Å². The van der Waals surface area contributed by atoms with Crippen molar-refractivity contribution in [2.45, 2.75) is 135 Å². The molecule has 0 fully saturated rings. The van der Waals surface area contributed by atoms with Crippen molar-refractivity contribution in [1.82, 2.24) is 20.4 Å². The quantitative estimate of drug-likeness (QED) is 0.0734. The molecule has 0 radical (unpaired) electrons. The second-order valence-corrected chi connectivity index (χ2v) is 13.6. The van der Waals surface area contributed by atoms with Crippen molar-refractivity contribution in [1.29, 1.82) is 0 Å². The van der Waals surface area contributed by atoms with Gasteiger partial charge in [0.1, 0.15) is 0 Å². The van der Waals surface area contributed by atoms with Gasteiger partial charge in [0.2, 0.25) is 6.41 Å². The van der Waals surface area contributed by atoms with Crippen LogP contribution in [0.3, 0.4) is 0 Å². The zero-order valence-corrected chi connectivity index (χ0v) is 30.0. The van der Waals surface area contributed by atoms with E-state index in [1.807, 2.05) is 43.3 Å². The van der Waals surface area contributed by atoms with Crippen LogP contribution in [0.1, 0.15) is 139 Å². The molecule has 2 unspecified atom stereocenters. The van der Waals surface area contributed by atoms with Crippen LogP contribution in [0, 0.1) is 5.92 Å². The molecule has 1 aliphatic carbocycles. The lowest BCUT2D eigenvalue weighted by molar-refractivity contribution is -0.121. The van der Waals surface area contributed by atoms with E-state index in [4.69, 9.17) is 4.74 Å². The Morgan fingerprint density at radius 2 is 1.38 bits per heavy atom. The highest BCUT2D eigenvalue weighted by molar-refractivity contribution is 5.95. The van der Waals surface area contributed by atoms with E-state index in [0.717, 1.165) is 37.9 Å². The van der Waals surface area contributed by atoms with Gasteiger partial charge in [0.05, 0.1) is 6.61 Å². The topological polar surface area (TPSA) is 91.0 Å². The van der Waals surface area contributed by atoms with Gasteiger partial charge in [-0.3, -0.25) is 9.59 Å². The highest BCUT2D eigenvalue weighted by Crippen LogP contribution is 2.28. The summed E-state index contributed by atoms with van der Waals surface area (Å²) in [6, 6.07) is 9.01. The summed E-state index contributed by atoms with van der Waals surface area (Å²) in [5, 5.41) is 5.88. The Bertz CT molecular complexity index is 1000. The van der Waals surface area contributed by atoms with Gasteiger partial charge in [-0.1, -0.05) is 128 Å². The predicted molar refractivity (Wildman–Crippen MR) is 193 cm³/mol. The van der Waals surface area contributed by atoms with Crippen LogP contribution < -0.4 is 10.6 Å². The molecule has 1 aromatic rings. The maximum Gasteiger partial charge on any atom is 0.407 e. The average molecular weight is 655 g/mol. The minimum atomic E-state index is -0.426. The molecule has 47 heavy (non-hydrogen) atoms. The van der Waals surface area contributed by atoms with Crippen LogP contribution in [0.25, 0.3) is 0 Å². The first-order valence-electron chi connectivity index (χ1n) is 18.8. The van der Waals surface area contributed by atoms with E-state index < -0.39 is 6.09 Å². The molecule has 0 bridgehead atoms. The van der Waals surface area contributed by atoms with Crippen molar-refractivity contribution in [3.05, 3.63) is 47.7 Å². The summed E-state index contributed by atoms with van der Waals surface area (Å²) in [6.45, 7) is 4.61. The molecule has 0 spiro atoms. The molecular weight excluding hydrogens is 588 g/mol. The van der Waals surface area contributed by atoms with E-state index in [-0.39, 0.29) is 24.5 Å². The van der Waals surface area contributed by atoms with Crippen LogP contribution in [0.4, 0.5) is 4.79 Å². The molecule has 2 N–H and O–H groups in total. The summed E-state index contributed by atoms with van der Waals surface area (Å²) in [7, 11) is 4.01. The van der Waals surface area contributed by atoms with Gasteiger partial charge < -0.3 is 25.2 Å². The van der Waals surface area contributed by atoms with E-state index in [9.17, 15) is 14.4 Å². The lowest BCUT2D eigenvalue weighted by atomic mass is 9.86. The number of hydrogen-bond donors (Lipinski definition) is 2. The maximum absolute atomic E-state index is 12.8. The Hall–Kier alpha value is -2.87. The van der Waals surface area contributed by atoms with Crippen LogP contribution in [-0.4, -0.2) is 74.6 Å². The number of carbonyl (C=O) groups is 3. The van der Waals surface area contributed by atoms with Crippen molar-refractivity contribution in [3.8, 4) is 0 Å². The van der Waals surface area contributed by atoms with Crippen molar-refractivity contribution < 1.29 is 19.1 Å². The Kier molecular flexibility index (Phi) is 22.4. The van der Waals surface area contributed by atoms with Crippen LogP contribution >= 0.6 is 0 Å². The zero-order valence-electron chi connectivity index (χ0n) is 30.0. The Morgan fingerprint density at radius 1 is 0.809 bits per heavy atom. The first kappa shape index (κ1) is 40.3. The Morgan fingerprint density at radius 3 is 1.94 bits per heavy atom. The van der Waals surface area contributed by atoms with Crippen LogP contribution in [0.5, 0.6) is 0 Å². The van der Waals surface area contributed by atoms with Gasteiger partial charge in [0.15, 0.2) is 0 Å². The number of allylic oxidation sites excluding steroid dienone is 1.